The summed E-state index contributed by atoms with van der Waals surface area (Å²) in [6.45, 7) is 3.21. The minimum Gasteiger partial charge on any atom is -0.496 e. The fraction of sp³-hybridized carbons (Fsp3) is 0.357. The van der Waals surface area contributed by atoms with E-state index >= 15 is 0 Å². The molecule has 4 nitrogen and oxygen atoms in total. The van der Waals surface area contributed by atoms with Gasteiger partial charge in [-0.2, -0.15) is 0 Å². The largest absolute Gasteiger partial charge is 0.496 e. The van der Waals surface area contributed by atoms with Gasteiger partial charge in [0.25, 0.3) is 5.56 Å². The monoisotopic (exact) mass is 246 g/mol. The molecule has 0 radical (unpaired) electrons. The van der Waals surface area contributed by atoms with Crippen LogP contribution in [0.3, 0.4) is 0 Å². The zero-order chi connectivity index (χ0) is 13.1. The topological polar surface area (TPSA) is 57.2 Å². The lowest BCUT2D eigenvalue weighted by Gasteiger charge is -2.10. The van der Waals surface area contributed by atoms with Crippen LogP contribution in [0.5, 0.6) is 5.75 Å². The molecule has 0 aliphatic rings. The van der Waals surface area contributed by atoms with Crippen molar-refractivity contribution in [3.8, 4) is 5.75 Å². The van der Waals surface area contributed by atoms with Crippen LogP contribution in [0.1, 0.15) is 12.0 Å². The summed E-state index contributed by atoms with van der Waals surface area (Å²) < 4.78 is 7.00. The molecule has 0 atom stereocenters. The van der Waals surface area contributed by atoms with E-state index in [4.69, 9.17) is 10.5 Å². The Morgan fingerprint density at radius 3 is 2.83 bits per heavy atom. The quantitative estimate of drug-likeness (QED) is 0.892. The Bertz CT molecular complexity index is 617. The lowest BCUT2D eigenvalue weighted by atomic mass is 10.1. The first-order chi connectivity index (χ1) is 8.67. The Kier molecular flexibility index (Phi) is 3.67. The van der Waals surface area contributed by atoms with Crippen molar-refractivity contribution < 1.29 is 4.74 Å². The first-order valence-electron chi connectivity index (χ1n) is 6.05. The molecule has 4 heteroatoms. The highest BCUT2D eigenvalue weighted by Crippen LogP contribution is 2.24. The molecule has 0 saturated heterocycles. The van der Waals surface area contributed by atoms with Crippen LogP contribution in [-0.4, -0.2) is 18.2 Å². The molecular formula is C14H18N2O2. The van der Waals surface area contributed by atoms with E-state index in [1.54, 1.807) is 11.7 Å². The number of nitrogens with two attached hydrogens (primary N) is 1. The third kappa shape index (κ3) is 2.24. The molecular weight excluding hydrogens is 228 g/mol. The van der Waals surface area contributed by atoms with Gasteiger partial charge in [-0.1, -0.05) is 6.07 Å². The van der Waals surface area contributed by atoms with Gasteiger partial charge in [0.15, 0.2) is 0 Å². The van der Waals surface area contributed by atoms with Crippen LogP contribution in [0.25, 0.3) is 10.8 Å². The van der Waals surface area contributed by atoms with Crippen molar-refractivity contribution in [2.75, 3.05) is 13.7 Å². The van der Waals surface area contributed by atoms with Crippen molar-refractivity contribution in [2.45, 2.75) is 19.9 Å². The predicted molar refractivity (Wildman–Crippen MR) is 73.2 cm³/mol. The number of hydrogen-bond acceptors (Lipinski definition) is 3. The highest BCUT2D eigenvalue weighted by Gasteiger charge is 2.09. The first kappa shape index (κ1) is 12.6. The molecule has 2 aromatic rings. The second-order valence-corrected chi connectivity index (χ2v) is 4.39. The molecule has 18 heavy (non-hydrogen) atoms. The smallest absolute Gasteiger partial charge is 0.262 e. The fourth-order valence-corrected chi connectivity index (χ4v) is 2.12. The zero-order valence-corrected chi connectivity index (χ0v) is 10.8. The van der Waals surface area contributed by atoms with Crippen LogP contribution in [0.4, 0.5) is 0 Å². The van der Waals surface area contributed by atoms with Crippen molar-refractivity contribution in [1.82, 2.24) is 4.57 Å². The minimum absolute atomic E-state index is 0.0159. The van der Waals surface area contributed by atoms with Gasteiger partial charge in [-0.05, 0) is 43.0 Å². The molecule has 0 fully saturated rings. The number of ether oxygens (including phenoxy) is 1. The molecule has 0 unspecified atom stereocenters. The van der Waals surface area contributed by atoms with Gasteiger partial charge in [-0.3, -0.25) is 4.79 Å². The number of aryl methyl sites for hydroxylation is 2. The molecule has 0 saturated carbocycles. The Hall–Kier alpha value is -1.81. The molecule has 2 rings (SSSR count). The van der Waals surface area contributed by atoms with Gasteiger partial charge in [0, 0.05) is 12.7 Å². The maximum absolute atomic E-state index is 12.4. The van der Waals surface area contributed by atoms with Gasteiger partial charge in [0.05, 0.1) is 12.5 Å². The molecule has 1 aromatic heterocycles. The average molecular weight is 246 g/mol. The third-order valence-corrected chi connectivity index (χ3v) is 3.01. The summed E-state index contributed by atoms with van der Waals surface area (Å²) in [4.78, 5) is 12.4. The Labute approximate surface area is 106 Å². The van der Waals surface area contributed by atoms with Crippen LogP contribution in [0.15, 0.2) is 29.2 Å². The summed E-state index contributed by atoms with van der Waals surface area (Å²) in [6.07, 6.45) is 2.61. The molecule has 1 heterocycles. The van der Waals surface area contributed by atoms with Crippen LogP contribution >= 0.6 is 0 Å². The standard InChI is InChI=1S/C14H18N2O2/c1-10-8-11-4-7-16(6-3-5-15)14(17)13(11)12(9-10)18-2/h4,7-9H,3,5-6,15H2,1-2H3. The molecule has 0 bridgehead atoms. The fourth-order valence-electron chi connectivity index (χ4n) is 2.12. The molecule has 0 aliphatic carbocycles. The van der Waals surface area contributed by atoms with E-state index in [9.17, 15) is 4.79 Å². The van der Waals surface area contributed by atoms with Crippen LogP contribution in [0, 0.1) is 6.92 Å². The van der Waals surface area contributed by atoms with Gasteiger partial charge < -0.3 is 15.0 Å². The van der Waals surface area contributed by atoms with E-state index in [1.807, 2.05) is 31.3 Å². The lowest BCUT2D eigenvalue weighted by molar-refractivity contribution is 0.419. The molecule has 2 N–H and O–H groups in total. The third-order valence-electron chi connectivity index (χ3n) is 3.01. The van der Waals surface area contributed by atoms with E-state index in [1.165, 1.54) is 0 Å². The first-order valence-corrected chi connectivity index (χ1v) is 6.05. The number of hydrogen-bond donors (Lipinski definition) is 1. The van der Waals surface area contributed by atoms with Gasteiger partial charge in [0.1, 0.15) is 5.75 Å². The molecule has 0 amide bonds. The minimum atomic E-state index is -0.0159. The lowest BCUT2D eigenvalue weighted by Crippen LogP contribution is -2.21. The highest BCUT2D eigenvalue weighted by atomic mass is 16.5. The summed E-state index contributed by atoms with van der Waals surface area (Å²) >= 11 is 0. The van der Waals surface area contributed by atoms with Crippen LogP contribution < -0.4 is 16.0 Å². The van der Waals surface area contributed by atoms with Crippen LogP contribution in [0.2, 0.25) is 0 Å². The highest BCUT2D eigenvalue weighted by molar-refractivity contribution is 5.88. The van der Waals surface area contributed by atoms with Gasteiger partial charge in [0.2, 0.25) is 0 Å². The summed E-state index contributed by atoms with van der Waals surface area (Å²) in [6, 6.07) is 5.83. The molecule has 0 spiro atoms. The van der Waals surface area contributed by atoms with Gasteiger partial charge in [-0.25, -0.2) is 0 Å². The van der Waals surface area contributed by atoms with E-state index < -0.39 is 0 Å². The summed E-state index contributed by atoms with van der Waals surface area (Å²) in [5.74, 6) is 0.636. The average Bonchev–Trinajstić information content (AvgIpc) is 2.36. The normalized spacial score (nSPS) is 10.8. The molecule has 0 aliphatic heterocycles. The van der Waals surface area contributed by atoms with E-state index in [0.717, 1.165) is 17.4 Å². The molecule has 1 aromatic carbocycles. The SMILES string of the molecule is COc1cc(C)cc2ccn(CCCN)c(=O)c12. The Morgan fingerprint density at radius 2 is 2.17 bits per heavy atom. The summed E-state index contributed by atoms with van der Waals surface area (Å²) in [5, 5.41) is 1.56. The maximum atomic E-state index is 12.4. The van der Waals surface area contributed by atoms with E-state index in [-0.39, 0.29) is 5.56 Å². The second kappa shape index (κ2) is 5.23. The van der Waals surface area contributed by atoms with Crippen molar-refractivity contribution in [3.05, 3.63) is 40.3 Å². The predicted octanol–water partition coefficient (Wildman–Crippen LogP) is 1.67. The van der Waals surface area contributed by atoms with Crippen molar-refractivity contribution in [2.24, 2.45) is 5.73 Å². The van der Waals surface area contributed by atoms with Gasteiger partial charge in [-0.15, -0.1) is 0 Å². The Balaban J connectivity index is 2.65. The number of nitrogens with zero attached hydrogens (tertiary/aromatic N) is 1. The number of pyridine rings is 1. The van der Waals surface area contributed by atoms with E-state index in [2.05, 4.69) is 0 Å². The maximum Gasteiger partial charge on any atom is 0.262 e. The van der Waals surface area contributed by atoms with Crippen LogP contribution in [-0.2, 0) is 6.54 Å². The Morgan fingerprint density at radius 1 is 1.39 bits per heavy atom. The number of rotatable bonds is 4. The number of aromatic nitrogens is 1. The number of fused-ring (bicyclic) bond motifs is 1. The van der Waals surface area contributed by atoms with E-state index in [0.29, 0.717) is 24.2 Å². The summed E-state index contributed by atoms with van der Waals surface area (Å²) in [7, 11) is 1.59. The van der Waals surface area contributed by atoms with Gasteiger partial charge >= 0.3 is 0 Å². The van der Waals surface area contributed by atoms with Crippen molar-refractivity contribution in [1.29, 1.82) is 0 Å². The van der Waals surface area contributed by atoms with Crippen molar-refractivity contribution >= 4 is 10.8 Å². The second-order valence-electron chi connectivity index (χ2n) is 4.39. The molecule has 96 valence electrons. The zero-order valence-electron chi connectivity index (χ0n) is 10.8. The van der Waals surface area contributed by atoms with Crippen molar-refractivity contribution in [3.63, 3.8) is 0 Å². The number of methoxy groups -OCH3 is 1. The number of benzene rings is 1. The summed E-state index contributed by atoms with van der Waals surface area (Å²) in [5.41, 5.74) is 6.54.